The quantitative estimate of drug-likeness (QED) is 0.364. The monoisotopic (exact) mass is 427 g/mol. The molecule has 1 N–H and O–H groups in total. The van der Waals surface area contributed by atoms with E-state index in [-0.39, 0.29) is 12.3 Å². The highest BCUT2D eigenvalue weighted by atomic mass is 79.9. The van der Waals surface area contributed by atoms with Crippen LogP contribution in [0.25, 0.3) is 10.8 Å². The van der Waals surface area contributed by atoms with Crippen LogP contribution < -0.4 is 10.2 Å². The van der Waals surface area contributed by atoms with Gasteiger partial charge in [0.05, 0.1) is 16.7 Å². The van der Waals surface area contributed by atoms with Crippen molar-refractivity contribution < 1.29 is 14.5 Å². The number of nitrogens with zero attached hydrogens (tertiary/aromatic N) is 2. The number of rotatable bonds is 6. The van der Waals surface area contributed by atoms with E-state index in [4.69, 9.17) is 4.74 Å². The molecule has 3 rings (SSSR count). The van der Waals surface area contributed by atoms with Crippen LogP contribution in [0.2, 0.25) is 0 Å². The Balaban J connectivity index is 1.57. The van der Waals surface area contributed by atoms with E-state index in [9.17, 15) is 14.9 Å². The molecule has 0 aliphatic heterocycles. The zero-order valence-electron chi connectivity index (χ0n) is 14.0. The second kappa shape index (κ2) is 8.41. The van der Waals surface area contributed by atoms with Crippen molar-refractivity contribution in [2.75, 3.05) is 6.61 Å². The first-order valence-corrected chi connectivity index (χ1v) is 8.70. The maximum Gasteiger partial charge on any atom is 0.278 e. The minimum Gasteiger partial charge on any atom is -0.484 e. The summed E-state index contributed by atoms with van der Waals surface area (Å²) in [4.78, 5) is 22.3. The lowest BCUT2D eigenvalue weighted by Gasteiger charge is -2.06. The molecule has 1 amide bonds. The third-order valence-corrected chi connectivity index (χ3v) is 4.16. The summed E-state index contributed by atoms with van der Waals surface area (Å²) in [5.41, 5.74) is 2.50. The number of para-hydroxylation sites is 1. The highest BCUT2D eigenvalue weighted by Crippen LogP contribution is 2.24. The summed E-state index contributed by atoms with van der Waals surface area (Å²) in [6.07, 6.45) is 1.23. The smallest absolute Gasteiger partial charge is 0.278 e. The molecule has 0 bridgehead atoms. The zero-order valence-corrected chi connectivity index (χ0v) is 15.5. The van der Waals surface area contributed by atoms with E-state index in [2.05, 4.69) is 26.5 Å². The van der Waals surface area contributed by atoms with Gasteiger partial charge in [0.15, 0.2) is 6.61 Å². The number of halogens is 1. The van der Waals surface area contributed by atoms with Crippen LogP contribution in [0.15, 0.2) is 70.2 Å². The van der Waals surface area contributed by atoms with Gasteiger partial charge in [-0.05, 0) is 41.1 Å². The molecule has 3 aromatic rings. The van der Waals surface area contributed by atoms with E-state index in [1.54, 1.807) is 18.2 Å². The van der Waals surface area contributed by atoms with E-state index in [1.807, 2.05) is 30.3 Å². The van der Waals surface area contributed by atoms with Crippen molar-refractivity contribution in [3.05, 3.63) is 80.8 Å². The van der Waals surface area contributed by atoms with Crippen molar-refractivity contribution in [2.24, 2.45) is 5.10 Å². The molecule has 0 unspecified atom stereocenters. The Kier molecular flexibility index (Phi) is 5.77. The number of amides is 1. The van der Waals surface area contributed by atoms with Gasteiger partial charge in [0, 0.05) is 10.5 Å². The molecule has 0 atom stereocenters. The van der Waals surface area contributed by atoms with Gasteiger partial charge >= 0.3 is 0 Å². The minimum absolute atomic E-state index is 0.0884. The maximum atomic E-state index is 11.8. The number of carbonyl (C=O) groups is 1. The predicted octanol–water partition coefficient (Wildman–Crippen LogP) is 4.04. The molecule has 0 saturated heterocycles. The Bertz CT molecular complexity index is 1040. The molecule has 0 fully saturated rings. The van der Waals surface area contributed by atoms with Crippen molar-refractivity contribution in [2.45, 2.75) is 0 Å². The highest BCUT2D eigenvalue weighted by molar-refractivity contribution is 9.10. The van der Waals surface area contributed by atoms with E-state index >= 15 is 0 Å². The zero-order chi connectivity index (χ0) is 19.2. The van der Waals surface area contributed by atoms with Crippen LogP contribution in [-0.2, 0) is 4.79 Å². The molecule has 0 aromatic heterocycles. The molecule has 27 heavy (non-hydrogen) atoms. The molecular weight excluding hydrogens is 414 g/mol. The summed E-state index contributed by atoms with van der Waals surface area (Å²) in [5.74, 6) is 0.0865. The summed E-state index contributed by atoms with van der Waals surface area (Å²) in [7, 11) is 0. The van der Waals surface area contributed by atoms with Gasteiger partial charge in [-0.25, -0.2) is 5.43 Å². The number of nitrogens with one attached hydrogen (secondary N) is 1. The Hall–Kier alpha value is -3.26. The number of hydrogen-bond donors (Lipinski definition) is 1. The van der Waals surface area contributed by atoms with Gasteiger partial charge in [-0.15, -0.1) is 0 Å². The summed E-state index contributed by atoms with van der Waals surface area (Å²) in [5, 5.41) is 16.7. The van der Waals surface area contributed by atoms with Crippen LogP contribution in [0.3, 0.4) is 0 Å². The van der Waals surface area contributed by atoms with Gasteiger partial charge in [0.2, 0.25) is 0 Å². The molecule has 3 aromatic carbocycles. The lowest BCUT2D eigenvalue weighted by atomic mass is 10.1. The number of ether oxygens (including phenoxy) is 1. The Morgan fingerprint density at radius 3 is 2.70 bits per heavy atom. The van der Waals surface area contributed by atoms with Gasteiger partial charge < -0.3 is 4.74 Å². The van der Waals surface area contributed by atoms with Crippen LogP contribution in [0, 0.1) is 10.1 Å². The van der Waals surface area contributed by atoms with E-state index in [1.165, 1.54) is 18.3 Å². The fourth-order valence-corrected chi connectivity index (χ4v) is 2.78. The first-order valence-electron chi connectivity index (χ1n) is 7.90. The van der Waals surface area contributed by atoms with Crippen molar-refractivity contribution in [3.8, 4) is 5.75 Å². The first-order chi connectivity index (χ1) is 13.0. The Morgan fingerprint density at radius 2 is 1.89 bits per heavy atom. The fraction of sp³-hybridized carbons (Fsp3) is 0.0526. The number of fused-ring (bicyclic) bond motifs is 1. The van der Waals surface area contributed by atoms with Crippen LogP contribution >= 0.6 is 15.9 Å². The molecule has 0 aliphatic carbocycles. The fourth-order valence-electron chi connectivity index (χ4n) is 2.40. The third kappa shape index (κ3) is 4.89. The van der Waals surface area contributed by atoms with Crippen LogP contribution in [0.5, 0.6) is 5.75 Å². The lowest BCUT2D eigenvalue weighted by Crippen LogP contribution is -2.24. The minimum atomic E-state index is -0.509. The van der Waals surface area contributed by atoms with Crippen molar-refractivity contribution in [1.29, 1.82) is 0 Å². The van der Waals surface area contributed by atoms with Crippen LogP contribution in [0.1, 0.15) is 5.56 Å². The standard InChI is InChI=1S/C19H14BrN3O4/c20-16-7-5-14-10-17(8-6-13(14)9-16)27-12-19(24)22-21-11-15-3-1-2-4-18(15)23(25)26/h1-11H,12H2,(H,22,24). The molecule has 8 heteroatoms. The summed E-state index contributed by atoms with van der Waals surface area (Å²) >= 11 is 3.42. The number of hydrogen-bond acceptors (Lipinski definition) is 5. The molecule has 0 aliphatic rings. The topological polar surface area (TPSA) is 93.8 Å². The third-order valence-electron chi connectivity index (χ3n) is 3.67. The van der Waals surface area contributed by atoms with Crippen molar-refractivity contribution in [1.82, 2.24) is 5.43 Å². The molecule has 136 valence electrons. The van der Waals surface area contributed by atoms with Gasteiger partial charge in [0.25, 0.3) is 11.6 Å². The van der Waals surface area contributed by atoms with Crippen LogP contribution in [-0.4, -0.2) is 23.7 Å². The highest BCUT2D eigenvalue weighted by Gasteiger charge is 2.10. The maximum absolute atomic E-state index is 11.8. The van der Waals surface area contributed by atoms with Gasteiger partial charge in [0.1, 0.15) is 5.75 Å². The SMILES string of the molecule is O=C(COc1ccc2cc(Br)ccc2c1)NN=Cc1ccccc1[N+](=O)[O-]. The number of nitro groups is 1. The first kappa shape index (κ1) is 18.5. The summed E-state index contributed by atoms with van der Waals surface area (Å²) in [6.45, 7) is -0.226. The van der Waals surface area contributed by atoms with E-state index < -0.39 is 10.8 Å². The normalized spacial score (nSPS) is 10.9. The van der Waals surface area contributed by atoms with Gasteiger partial charge in [-0.1, -0.05) is 40.2 Å². The van der Waals surface area contributed by atoms with Crippen LogP contribution in [0.4, 0.5) is 5.69 Å². The molecule has 0 saturated carbocycles. The van der Waals surface area contributed by atoms with E-state index in [0.717, 1.165) is 15.2 Å². The number of carbonyl (C=O) groups excluding carboxylic acids is 1. The van der Waals surface area contributed by atoms with Crippen molar-refractivity contribution >= 4 is 44.5 Å². The Labute approximate surface area is 162 Å². The second-order valence-corrected chi connectivity index (χ2v) is 6.47. The van der Waals surface area contributed by atoms with Gasteiger partial charge in [-0.2, -0.15) is 5.10 Å². The average molecular weight is 428 g/mol. The second-order valence-electron chi connectivity index (χ2n) is 5.55. The lowest BCUT2D eigenvalue weighted by molar-refractivity contribution is -0.385. The van der Waals surface area contributed by atoms with Crippen molar-refractivity contribution in [3.63, 3.8) is 0 Å². The van der Waals surface area contributed by atoms with E-state index in [0.29, 0.717) is 11.3 Å². The number of benzene rings is 3. The average Bonchev–Trinajstić information content (AvgIpc) is 2.66. The number of nitro benzene ring substituents is 1. The predicted molar refractivity (Wildman–Crippen MR) is 106 cm³/mol. The molecule has 0 spiro atoms. The molecular formula is C19H14BrN3O4. The largest absolute Gasteiger partial charge is 0.484 e. The molecule has 7 nitrogen and oxygen atoms in total. The molecule has 0 heterocycles. The molecule has 0 radical (unpaired) electrons. The van der Waals surface area contributed by atoms with Gasteiger partial charge in [-0.3, -0.25) is 14.9 Å². The Morgan fingerprint density at radius 1 is 1.15 bits per heavy atom. The summed E-state index contributed by atoms with van der Waals surface area (Å²) < 4.78 is 6.45. The summed E-state index contributed by atoms with van der Waals surface area (Å²) in [6, 6.07) is 17.5. The number of hydrazone groups is 1.